The third-order valence-electron chi connectivity index (χ3n) is 4.98. The molecule has 6 heteroatoms. The number of rotatable bonds is 8. The highest BCUT2D eigenvalue weighted by Gasteiger charge is 2.29. The van der Waals surface area contributed by atoms with Crippen LogP contribution < -0.4 is 10.1 Å². The summed E-state index contributed by atoms with van der Waals surface area (Å²) >= 11 is 0. The number of carbonyl (C=O) groups is 2. The van der Waals surface area contributed by atoms with Crippen molar-refractivity contribution in [2.45, 2.75) is 38.5 Å². The van der Waals surface area contributed by atoms with Gasteiger partial charge in [-0.2, -0.15) is 0 Å². The van der Waals surface area contributed by atoms with Crippen molar-refractivity contribution in [3.63, 3.8) is 0 Å². The molecule has 1 amide bonds. The summed E-state index contributed by atoms with van der Waals surface area (Å²) in [5, 5.41) is 12.2. The Kier molecular flexibility index (Phi) is 7.03. The van der Waals surface area contributed by atoms with Gasteiger partial charge in [-0.25, -0.2) is 0 Å². The van der Waals surface area contributed by atoms with E-state index in [2.05, 4.69) is 5.32 Å². The molecule has 1 aliphatic rings. The Bertz CT molecular complexity index is 794. The first-order chi connectivity index (χ1) is 13.6. The number of carbonyl (C=O) groups excluding carboxylic acids is 1. The quantitative estimate of drug-likeness (QED) is 0.734. The van der Waals surface area contributed by atoms with Gasteiger partial charge in [-0.1, -0.05) is 48.9 Å². The molecule has 6 nitrogen and oxygen atoms in total. The molecule has 1 saturated heterocycles. The van der Waals surface area contributed by atoms with E-state index in [1.54, 1.807) is 4.90 Å². The number of carboxylic acids is 1. The molecule has 2 aromatic carbocycles. The number of aliphatic carboxylic acids is 1. The Morgan fingerprint density at radius 1 is 1.04 bits per heavy atom. The van der Waals surface area contributed by atoms with Gasteiger partial charge in [0.05, 0.1) is 6.54 Å². The molecular formula is C22H26N2O4. The SMILES string of the molecule is O=C(CN1CCCCC1C(=O)O)NCc1ccccc1COc1ccccc1. The molecular weight excluding hydrogens is 356 g/mol. The number of ether oxygens (including phenoxy) is 1. The van der Waals surface area contributed by atoms with E-state index in [0.29, 0.717) is 26.1 Å². The fourth-order valence-corrected chi connectivity index (χ4v) is 3.44. The lowest BCUT2D eigenvalue weighted by Gasteiger charge is -2.32. The minimum atomic E-state index is -0.851. The van der Waals surface area contributed by atoms with Gasteiger partial charge in [0.25, 0.3) is 0 Å². The van der Waals surface area contributed by atoms with Crippen molar-refractivity contribution in [2.24, 2.45) is 0 Å². The molecule has 0 aliphatic carbocycles. The van der Waals surface area contributed by atoms with Gasteiger partial charge in [-0.15, -0.1) is 0 Å². The maximum Gasteiger partial charge on any atom is 0.320 e. The molecule has 1 heterocycles. The Hall–Kier alpha value is -2.86. The maximum absolute atomic E-state index is 12.4. The number of carboxylic acid groups (broad SMARTS) is 1. The molecule has 2 N–H and O–H groups in total. The van der Waals surface area contributed by atoms with Crippen LogP contribution in [0, 0.1) is 0 Å². The predicted molar refractivity (Wildman–Crippen MR) is 106 cm³/mol. The third kappa shape index (κ3) is 5.57. The fraction of sp³-hybridized carbons (Fsp3) is 0.364. The van der Waals surface area contributed by atoms with Crippen LogP contribution in [0.25, 0.3) is 0 Å². The minimum Gasteiger partial charge on any atom is -0.489 e. The zero-order chi connectivity index (χ0) is 19.8. The van der Waals surface area contributed by atoms with E-state index >= 15 is 0 Å². The lowest BCUT2D eigenvalue weighted by molar-refractivity contribution is -0.145. The van der Waals surface area contributed by atoms with Gasteiger partial charge in [0.2, 0.25) is 5.91 Å². The summed E-state index contributed by atoms with van der Waals surface area (Å²) in [6.45, 7) is 1.56. The summed E-state index contributed by atoms with van der Waals surface area (Å²) in [7, 11) is 0. The number of amides is 1. The van der Waals surface area contributed by atoms with Crippen LogP contribution in [0.15, 0.2) is 54.6 Å². The molecule has 1 fully saturated rings. The molecule has 0 aromatic heterocycles. The number of nitrogens with one attached hydrogen (secondary N) is 1. The molecule has 1 unspecified atom stereocenters. The monoisotopic (exact) mass is 382 g/mol. The Morgan fingerprint density at radius 2 is 1.75 bits per heavy atom. The van der Waals surface area contributed by atoms with Crippen LogP contribution in [-0.4, -0.2) is 41.0 Å². The molecule has 2 aromatic rings. The normalized spacial score (nSPS) is 17.1. The van der Waals surface area contributed by atoms with Gasteiger partial charge in [0.15, 0.2) is 0 Å². The van der Waals surface area contributed by atoms with Crippen LogP contribution >= 0.6 is 0 Å². The van der Waals surface area contributed by atoms with Crippen LogP contribution in [0.5, 0.6) is 5.75 Å². The topological polar surface area (TPSA) is 78.9 Å². The highest BCUT2D eigenvalue weighted by atomic mass is 16.5. The summed E-state index contributed by atoms with van der Waals surface area (Å²) in [5.41, 5.74) is 1.99. The zero-order valence-corrected chi connectivity index (χ0v) is 15.8. The minimum absolute atomic E-state index is 0.111. The van der Waals surface area contributed by atoms with Crippen LogP contribution in [0.3, 0.4) is 0 Å². The highest BCUT2D eigenvalue weighted by molar-refractivity contribution is 5.80. The van der Waals surface area contributed by atoms with Crippen LogP contribution in [0.4, 0.5) is 0 Å². The fourth-order valence-electron chi connectivity index (χ4n) is 3.44. The first-order valence-electron chi connectivity index (χ1n) is 9.61. The van der Waals surface area contributed by atoms with Gasteiger partial charge in [-0.05, 0) is 42.6 Å². The highest BCUT2D eigenvalue weighted by Crippen LogP contribution is 2.17. The first kappa shape index (κ1) is 19.9. The Labute approximate surface area is 165 Å². The molecule has 3 rings (SSSR count). The molecule has 0 radical (unpaired) electrons. The third-order valence-corrected chi connectivity index (χ3v) is 4.98. The van der Waals surface area contributed by atoms with E-state index in [1.807, 2.05) is 54.6 Å². The van der Waals surface area contributed by atoms with Crippen molar-refractivity contribution in [2.75, 3.05) is 13.1 Å². The Balaban J connectivity index is 1.54. The summed E-state index contributed by atoms with van der Waals surface area (Å²) < 4.78 is 5.82. The molecule has 0 saturated carbocycles. The number of likely N-dealkylation sites (tertiary alicyclic amines) is 1. The molecule has 0 spiro atoms. The predicted octanol–water partition coefficient (Wildman–Crippen LogP) is 2.82. The van der Waals surface area contributed by atoms with Crippen LogP contribution in [0.2, 0.25) is 0 Å². The van der Waals surface area contributed by atoms with Gasteiger partial charge in [0.1, 0.15) is 18.4 Å². The van der Waals surface area contributed by atoms with Crippen molar-refractivity contribution in [1.82, 2.24) is 10.2 Å². The van der Waals surface area contributed by atoms with Gasteiger partial charge in [0, 0.05) is 6.54 Å². The average molecular weight is 382 g/mol. The lowest BCUT2D eigenvalue weighted by atomic mass is 10.0. The Morgan fingerprint density at radius 3 is 2.50 bits per heavy atom. The van der Waals surface area contributed by atoms with Gasteiger partial charge >= 0.3 is 5.97 Å². The second-order valence-electron chi connectivity index (χ2n) is 6.97. The molecule has 0 bridgehead atoms. The van der Waals surface area contributed by atoms with E-state index < -0.39 is 12.0 Å². The number of hydrogen-bond acceptors (Lipinski definition) is 4. The van der Waals surface area contributed by atoms with E-state index in [9.17, 15) is 14.7 Å². The zero-order valence-electron chi connectivity index (χ0n) is 15.8. The van der Waals surface area contributed by atoms with Gasteiger partial charge < -0.3 is 15.2 Å². The van der Waals surface area contributed by atoms with Crippen LogP contribution in [-0.2, 0) is 22.7 Å². The smallest absolute Gasteiger partial charge is 0.320 e. The lowest BCUT2D eigenvalue weighted by Crippen LogP contribution is -2.48. The van der Waals surface area contributed by atoms with Crippen molar-refractivity contribution in [3.8, 4) is 5.75 Å². The molecule has 1 atom stereocenters. The standard InChI is InChI=1S/C22H26N2O4/c25-21(15-24-13-7-6-12-20(24)22(26)27)23-14-17-8-4-5-9-18(17)16-28-19-10-2-1-3-11-19/h1-5,8-11,20H,6-7,12-16H2,(H,23,25)(H,26,27). The van der Waals surface area contributed by atoms with E-state index in [0.717, 1.165) is 29.7 Å². The number of benzene rings is 2. The maximum atomic E-state index is 12.4. The van der Waals surface area contributed by atoms with Crippen molar-refractivity contribution < 1.29 is 19.4 Å². The van der Waals surface area contributed by atoms with E-state index in [4.69, 9.17) is 4.74 Å². The van der Waals surface area contributed by atoms with E-state index in [-0.39, 0.29) is 12.5 Å². The summed E-state index contributed by atoms with van der Waals surface area (Å²) in [5.74, 6) is -0.214. The van der Waals surface area contributed by atoms with Crippen molar-refractivity contribution in [1.29, 1.82) is 0 Å². The largest absolute Gasteiger partial charge is 0.489 e. The number of para-hydroxylation sites is 1. The molecule has 148 valence electrons. The number of nitrogens with zero attached hydrogens (tertiary/aromatic N) is 1. The second-order valence-corrected chi connectivity index (χ2v) is 6.97. The summed E-state index contributed by atoms with van der Waals surface area (Å²) in [6.07, 6.45) is 2.42. The average Bonchev–Trinajstić information content (AvgIpc) is 2.72. The van der Waals surface area contributed by atoms with Crippen molar-refractivity contribution >= 4 is 11.9 Å². The second kappa shape index (κ2) is 9.90. The van der Waals surface area contributed by atoms with E-state index in [1.165, 1.54) is 0 Å². The van der Waals surface area contributed by atoms with Gasteiger partial charge in [-0.3, -0.25) is 14.5 Å². The number of piperidine rings is 1. The summed E-state index contributed by atoms with van der Waals surface area (Å²) in [6, 6.07) is 16.8. The first-order valence-corrected chi connectivity index (χ1v) is 9.61. The van der Waals surface area contributed by atoms with Crippen LogP contribution in [0.1, 0.15) is 30.4 Å². The summed E-state index contributed by atoms with van der Waals surface area (Å²) in [4.78, 5) is 25.5. The number of hydrogen-bond donors (Lipinski definition) is 2. The molecule has 1 aliphatic heterocycles. The van der Waals surface area contributed by atoms with Crippen molar-refractivity contribution in [3.05, 3.63) is 65.7 Å². The molecule has 28 heavy (non-hydrogen) atoms.